The third kappa shape index (κ3) is 4.00. The predicted molar refractivity (Wildman–Crippen MR) is 102 cm³/mol. The number of hydrogen-bond acceptors (Lipinski definition) is 5. The van der Waals surface area contributed by atoms with Gasteiger partial charge >= 0.3 is 0 Å². The summed E-state index contributed by atoms with van der Waals surface area (Å²) >= 11 is 0. The first-order valence-corrected chi connectivity index (χ1v) is 9.45. The van der Waals surface area contributed by atoms with Crippen LogP contribution in [-0.2, 0) is 22.6 Å². The van der Waals surface area contributed by atoms with Gasteiger partial charge in [0.15, 0.2) is 5.65 Å². The van der Waals surface area contributed by atoms with Crippen molar-refractivity contribution in [1.29, 1.82) is 0 Å². The summed E-state index contributed by atoms with van der Waals surface area (Å²) in [5.41, 5.74) is 1.65. The SMILES string of the molecule is O=C(NCCCc1nnc2ccccn12)C1CC(=O)N(Cc2ccccn2)C1. The molecule has 2 amide bonds. The average molecular weight is 378 g/mol. The minimum Gasteiger partial charge on any atom is -0.356 e. The highest BCUT2D eigenvalue weighted by Crippen LogP contribution is 2.19. The van der Waals surface area contributed by atoms with E-state index in [4.69, 9.17) is 0 Å². The van der Waals surface area contributed by atoms with Gasteiger partial charge in [0.05, 0.1) is 18.2 Å². The van der Waals surface area contributed by atoms with Crippen molar-refractivity contribution in [2.24, 2.45) is 5.92 Å². The second kappa shape index (κ2) is 8.16. The lowest BCUT2D eigenvalue weighted by Gasteiger charge is -2.16. The molecular weight excluding hydrogens is 356 g/mol. The summed E-state index contributed by atoms with van der Waals surface area (Å²) in [6.07, 6.45) is 5.39. The van der Waals surface area contributed by atoms with Crippen LogP contribution in [-0.4, -0.2) is 49.4 Å². The van der Waals surface area contributed by atoms with Gasteiger partial charge in [-0.15, -0.1) is 10.2 Å². The van der Waals surface area contributed by atoms with E-state index < -0.39 is 0 Å². The number of pyridine rings is 2. The zero-order valence-corrected chi connectivity index (χ0v) is 15.5. The monoisotopic (exact) mass is 378 g/mol. The summed E-state index contributed by atoms with van der Waals surface area (Å²) in [6, 6.07) is 11.4. The van der Waals surface area contributed by atoms with Crippen LogP contribution >= 0.6 is 0 Å². The Kier molecular flexibility index (Phi) is 5.27. The lowest BCUT2D eigenvalue weighted by molar-refractivity contribution is -0.129. The standard InChI is InChI=1S/C20H22N6O2/c27-19-12-15(13-25(19)14-16-6-1-3-9-21-16)20(28)22-10-5-8-18-24-23-17-7-2-4-11-26(17)18/h1-4,6-7,9,11,15H,5,8,10,12-14H2,(H,22,28). The van der Waals surface area contributed by atoms with E-state index in [9.17, 15) is 9.59 Å². The van der Waals surface area contributed by atoms with Crippen molar-refractivity contribution in [2.75, 3.05) is 13.1 Å². The maximum Gasteiger partial charge on any atom is 0.225 e. The number of amides is 2. The third-order valence-corrected chi connectivity index (χ3v) is 4.93. The van der Waals surface area contributed by atoms with Gasteiger partial charge in [-0.25, -0.2) is 0 Å². The minimum absolute atomic E-state index is 0.000679. The summed E-state index contributed by atoms with van der Waals surface area (Å²) in [5, 5.41) is 11.3. The van der Waals surface area contributed by atoms with Crippen molar-refractivity contribution < 1.29 is 9.59 Å². The molecule has 3 aromatic heterocycles. The molecule has 3 aromatic rings. The maximum absolute atomic E-state index is 12.4. The number of carbonyl (C=O) groups is 2. The Balaban J connectivity index is 1.23. The lowest BCUT2D eigenvalue weighted by Crippen LogP contribution is -2.33. The molecule has 4 heterocycles. The van der Waals surface area contributed by atoms with E-state index in [0.717, 1.165) is 30.0 Å². The molecule has 1 atom stereocenters. The highest BCUT2D eigenvalue weighted by molar-refractivity contribution is 5.89. The zero-order chi connectivity index (χ0) is 19.3. The molecule has 0 bridgehead atoms. The van der Waals surface area contributed by atoms with Gasteiger partial charge in [0.1, 0.15) is 5.82 Å². The molecule has 0 spiro atoms. The molecule has 8 nitrogen and oxygen atoms in total. The van der Waals surface area contributed by atoms with Gasteiger partial charge in [0, 0.05) is 38.3 Å². The van der Waals surface area contributed by atoms with Crippen LogP contribution in [0.3, 0.4) is 0 Å². The van der Waals surface area contributed by atoms with Gasteiger partial charge in [0.2, 0.25) is 11.8 Å². The van der Waals surface area contributed by atoms with Crippen molar-refractivity contribution in [3.63, 3.8) is 0 Å². The number of nitrogens with zero attached hydrogens (tertiary/aromatic N) is 5. The van der Waals surface area contributed by atoms with E-state index in [1.807, 2.05) is 47.0 Å². The summed E-state index contributed by atoms with van der Waals surface area (Å²) < 4.78 is 1.95. The van der Waals surface area contributed by atoms with Crippen molar-refractivity contribution in [2.45, 2.75) is 25.8 Å². The molecule has 1 unspecified atom stereocenters. The Morgan fingerprint density at radius 2 is 2.07 bits per heavy atom. The second-order valence-corrected chi connectivity index (χ2v) is 6.94. The van der Waals surface area contributed by atoms with Gasteiger partial charge in [0.25, 0.3) is 0 Å². The van der Waals surface area contributed by atoms with Crippen LogP contribution < -0.4 is 5.32 Å². The highest BCUT2D eigenvalue weighted by Gasteiger charge is 2.34. The van der Waals surface area contributed by atoms with Crippen LogP contribution in [0.2, 0.25) is 0 Å². The molecule has 0 radical (unpaired) electrons. The van der Waals surface area contributed by atoms with Crippen LogP contribution in [0.5, 0.6) is 0 Å². The Morgan fingerprint density at radius 3 is 2.93 bits per heavy atom. The fraction of sp³-hybridized carbons (Fsp3) is 0.350. The number of aryl methyl sites for hydroxylation is 1. The summed E-state index contributed by atoms with van der Waals surface area (Å²) in [6.45, 7) is 1.44. The van der Waals surface area contributed by atoms with Gasteiger partial charge < -0.3 is 10.2 Å². The van der Waals surface area contributed by atoms with Gasteiger partial charge in [-0.2, -0.15) is 0 Å². The molecule has 0 aromatic carbocycles. The van der Waals surface area contributed by atoms with Gasteiger partial charge in [-0.05, 0) is 30.7 Å². The van der Waals surface area contributed by atoms with Crippen LogP contribution in [0, 0.1) is 5.92 Å². The van der Waals surface area contributed by atoms with Crippen LogP contribution in [0.15, 0.2) is 48.8 Å². The fourth-order valence-corrected chi connectivity index (χ4v) is 3.45. The van der Waals surface area contributed by atoms with Crippen LogP contribution in [0.25, 0.3) is 5.65 Å². The topological polar surface area (TPSA) is 92.5 Å². The molecule has 1 fully saturated rings. The summed E-state index contributed by atoms with van der Waals surface area (Å²) in [4.78, 5) is 30.6. The van der Waals surface area contributed by atoms with E-state index in [1.54, 1.807) is 11.1 Å². The first-order chi connectivity index (χ1) is 13.7. The number of aromatic nitrogens is 4. The van der Waals surface area contributed by atoms with Gasteiger partial charge in [-0.3, -0.25) is 19.0 Å². The van der Waals surface area contributed by atoms with Crippen molar-refractivity contribution in [1.82, 2.24) is 29.8 Å². The van der Waals surface area contributed by atoms with E-state index in [-0.39, 0.29) is 24.2 Å². The Morgan fingerprint density at radius 1 is 1.18 bits per heavy atom. The number of hydrogen-bond donors (Lipinski definition) is 1. The minimum atomic E-state index is -0.301. The fourth-order valence-electron chi connectivity index (χ4n) is 3.45. The third-order valence-electron chi connectivity index (χ3n) is 4.93. The molecule has 0 aliphatic carbocycles. The molecule has 1 aliphatic heterocycles. The quantitative estimate of drug-likeness (QED) is 0.624. The van der Waals surface area contributed by atoms with Crippen molar-refractivity contribution >= 4 is 17.5 Å². The molecule has 144 valence electrons. The molecule has 1 aliphatic rings. The summed E-state index contributed by atoms with van der Waals surface area (Å²) in [7, 11) is 0. The predicted octanol–water partition coefficient (Wildman–Crippen LogP) is 1.22. The maximum atomic E-state index is 12.4. The first-order valence-electron chi connectivity index (χ1n) is 9.45. The molecule has 28 heavy (non-hydrogen) atoms. The number of nitrogens with one attached hydrogen (secondary N) is 1. The number of carbonyl (C=O) groups excluding carboxylic acids is 2. The molecule has 4 rings (SSSR count). The number of rotatable bonds is 7. The van der Waals surface area contributed by atoms with E-state index in [1.165, 1.54) is 0 Å². The number of likely N-dealkylation sites (tertiary alicyclic amines) is 1. The van der Waals surface area contributed by atoms with Gasteiger partial charge in [-0.1, -0.05) is 12.1 Å². The molecule has 1 saturated heterocycles. The van der Waals surface area contributed by atoms with Crippen LogP contribution in [0.1, 0.15) is 24.4 Å². The van der Waals surface area contributed by atoms with Crippen molar-refractivity contribution in [3.8, 4) is 0 Å². The molecule has 0 saturated carbocycles. The highest BCUT2D eigenvalue weighted by atomic mass is 16.2. The first kappa shape index (κ1) is 18.1. The molecule has 8 heteroatoms. The molecule has 1 N–H and O–H groups in total. The number of fused-ring (bicyclic) bond motifs is 1. The molecular formula is C20H22N6O2. The Hall–Kier alpha value is -3.29. The van der Waals surface area contributed by atoms with E-state index >= 15 is 0 Å². The lowest BCUT2D eigenvalue weighted by atomic mass is 10.1. The smallest absolute Gasteiger partial charge is 0.225 e. The zero-order valence-electron chi connectivity index (χ0n) is 15.5. The normalized spacial score (nSPS) is 16.6. The van der Waals surface area contributed by atoms with Crippen LogP contribution in [0.4, 0.5) is 0 Å². The second-order valence-electron chi connectivity index (χ2n) is 6.94. The summed E-state index contributed by atoms with van der Waals surface area (Å²) in [5.74, 6) is 0.510. The van der Waals surface area contributed by atoms with Crippen molar-refractivity contribution in [3.05, 3.63) is 60.3 Å². The Labute approximate surface area is 162 Å². The largest absolute Gasteiger partial charge is 0.356 e. The van der Waals surface area contributed by atoms with E-state index in [2.05, 4.69) is 20.5 Å². The average Bonchev–Trinajstić information content (AvgIpc) is 3.30. The Bertz CT molecular complexity index is 971. The van der Waals surface area contributed by atoms with E-state index in [0.29, 0.717) is 19.6 Å².